The van der Waals surface area contributed by atoms with E-state index in [9.17, 15) is 9.59 Å². The van der Waals surface area contributed by atoms with Crippen molar-refractivity contribution in [2.45, 2.75) is 47.0 Å². The molecule has 4 aromatic rings. The Kier molecular flexibility index (Phi) is 7.07. The Morgan fingerprint density at radius 2 is 1.97 bits per heavy atom. The average Bonchev–Trinajstić information content (AvgIpc) is 3.23. The number of esters is 1. The van der Waals surface area contributed by atoms with E-state index >= 15 is 0 Å². The number of hydrogen-bond donors (Lipinski definition) is 1. The Hall–Kier alpha value is -3.92. The average molecular weight is 462 g/mol. The molecular weight excluding hydrogens is 434 g/mol. The van der Waals surface area contributed by atoms with E-state index in [1.54, 1.807) is 19.3 Å². The fraction of sp³-hybridized carbons (Fsp3) is 0.333. The Bertz CT molecular complexity index is 1350. The molecule has 0 aliphatic heterocycles. The monoisotopic (exact) mass is 461 g/mol. The van der Waals surface area contributed by atoms with Crippen molar-refractivity contribution in [2.24, 2.45) is 0 Å². The van der Waals surface area contributed by atoms with Gasteiger partial charge in [0.1, 0.15) is 6.54 Å². The number of aromatic amines is 1. The zero-order chi connectivity index (χ0) is 24.1. The quantitative estimate of drug-likeness (QED) is 0.377. The molecule has 1 N–H and O–H groups in total. The summed E-state index contributed by atoms with van der Waals surface area (Å²) in [4.78, 5) is 34.1. The molecular formula is C24H27N7O3. The van der Waals surface area contributed by atoms with Gasteiger partial charge in [-0.05, 0) is 77.5 Å². The van der Waals surface area contributed by atoms with Gasteiger partial charge in [0.15, 0.2) is 5.82 Å². The smallest absolute Gasteiger partial charge is 0.327 e. The van der Waals surface area contributed by atoms with Crippen LogP contribution in [0.4, 0.5) is 0 Å². The number of aryl methyl sites for hydroxylation is 2. The van der Waals surface area contributed by atoms with Crippen LogP contribution in [0.3, 0.4) is 0 Å². The van der Waals surface area contributed by atoms with Gasteiger partial charge in [0, 0.05) is 36.6 Å². The number of carbonyl (C=O) groups excluding carboxylic acids is 1. The molecule has 176 valence electrons. The van der Waals surface area contributed by atoms with Gasteiger partial charge in [-0.1, -0.05) is 6.07 Å². The van der Waals surface area contributed by atoms with Gasteiger partial charge >= 0.3 is 5.97 Å². The number of benzene rings is 1. The van der Waals surface area contributed by atoms with Crippen LogP contribution in [0.2, 0.25) is 0 Å². The number of rotatable bonds is 9. The van der Waals surface area contributed by atoms with E-state index < -0.39 is 5.97 Å². The van der Waals surface area contributed by atoms with Crippen LogP contribution in [-0.2, 0) is 35.7 Å². The lowest BCUT2D eigenvalue weighted by molar-refractivity contribution is -0.144. The highest BCUT2D eigenvalue weighted by molar-refractivity contribution is 5.80. The van der Waals surface area contributed by atoms with Crippen LogP contribution in [0.15, 0.2) is 47.5 Å². The van der Waals surface area contributed by atoms with Crippen molar-refractivity contribution in [3.8, 4) is 0 Å². The van der Waals surface area contributed by atoms with Crippen LogP contribution in [0, 0.1) is 13.8 Å². The number of H-pyrrole nitrogens is 1. The van der Waals surface area contributed by atoms with E-state index in [1.165, 1.54) is 4.68 Å². The van der Waals surface area contributed by atoms with Gasteiger partial charge < -0.3 is 9.72 Å². The van der Waals surface area contributed by atoms with E-state index in [0.717, 1.165) is 27.6 Å². The maximum atomic E-state index is 12.9. The number of aromatic nitrogens is 6. The van der Waals surface area contributed by atoms with Gasteiger partial charge in [-0.25, -0.2) is 4.68 Å². The van der Waals surface area contributed by atoms with Gasteiger partial charge in [0.2, 0.25) is 0 Å². The second-order valence-corrected chi connectivity index (χ2v) is 8.21. The molecule has 0 unspecified atom stereocenters. The fourth-order valence-corrected chi connectivity index (χ4v) is 3.79. The highest BCUT2D eigenvalue weighted by Gasteiger charge is 2.17. The lowest BCUT2D eigenvalue weighted by atomic mass is 10.0. The summed E-state index contributed by atoms with van der Waals surface area (Å²) in [7, 11) is 0. The Labute approximate surface area is 196 Å². The Morgan fingerprint density at radius 1 is 1.15 bits per heavy atom. The van der Waals surface area contributed by atoms with Crippen LogP contribution in [0.1, 0.15) is 35.0 Å². The minimum atomic E-state index is -0.411. The van der Waals surface area contributed by atoms with Crippen molar-refractivity contribution in [3.63, 3.8) is 0 Å². The molecule has 0 saturated carbocycles. The first-order valence-corrected chi connectivity index (χ1v) is 11.1. The molecule has 0 amide bonds. The number of ether oxygens (including phenoxy) is 1. The lowest BCUT2D eigenvalue weighted by Crippen LogP contribution is -2.28. The number of nitrogens with zero attached hydrogens (tertiary/aromatic N) is 6. The van der Waals surface area contributed by atoms with Crippen molar-refractivity contribution in [1.29, 1.82) is 0 Å². The molecule has 0 spiro atoms. The normalized spacial score (nSPS) is 11.3. The summed E-state index contributed by atoms with van der Waals surface area (Å²) in [5.41, 5.74) is 4.57. The number of pyridine rings is 2. The molecule has 0 aliphatic carbocycles. The van der Waals surface area contributed by atoms with E-state index in [0.29, 0.717) is 31.0 Å². The lowest BCUT2D eigenvalue weighted by Gasteiger charge is -2.21. The second-order valence-electron chi connectivity index (χ2n) is 8.21. The van der Waals surface area contributed by atoms with Crippen molar-refractivity contribution in [1.82, 2.24) is 35.1 Å². The standard InChI is InChI=1S/C24H27N7O3/c1-4-34-23(32)15-31-22(27-28-29-31)14-30(12-18-6-5-7-25-11-18)13-20-10-19-8-16(2)17(3)9-21(19)26-24(20)33/h5-11H,4,12-15H2,1-3H3,(H,26,33). The largest absolute Gasteiger partial charge is 0.465 e. The molecule has 0 aliphatic rings. The predicted octanol–water partition coefficient (Wildman–Crippen LogP) is 2.29. The number of carbonyl (C=O) groups is 1. The van der Waals surface area contributed by atoms with E-state index in [1.807, 2.05) is 36.1 Å². The van der Waals surface area contributed by atoms with Crippen molar-refractivity contribution >= 4 is 16.9 Å². The second kappa shape index (κ2) is 10.3. The third-order valence-electron chi connectivity index (χ3n) is 5.61. The Balaban J connectivity index is 1.63. The van der Waals surface area contributed by atoms with Crippen molar-refractivity contribution < 1.29 is 9.53 Å². The van der Waals surface area contributed by atoms with Gasteiger partial charge in [-0.15, -0.1) is 5.10 Å². The zero-order valence-electron chi connectivity index (χ0n) is 19.5. The molecule has 10 heteroatoms. The van der Waals surface area contributed by atoms with Crippen LogP contribution < -0.4 is 5.56 Å². The number of nitrogens with one attached hydrogen (secondary N) is 1. The zero-order valence-corrected chi connectivity index (χ0v) is 19.5. The molecule has 4 rings (SSSR count). The van der Waals surface area contributed by atoms with E-state index in [-0.39, 0.29) is 18.7 Å². The van der Waals surface area contributed by atoms with Crippen LogP contribution in [0.25, 0.3) is 10.9 Å². The van der Waals surface area contributed by atoms with Gasteiger partial charge in [-0.3, -0.25) is 19.5 Å². The molecule has 0 atom stereocenters. The third kappa shape index (κ3) is 5.52. The topological polar surface area (TPSA) is 119 Å². The summed E-state index contributed by atoms with van der Waals surface area (Å²) in [6.07, 6.45) is 3.50. The number of hydrogen-bond acceptors (Lipinski definition) is 8. The number of fused-ring (bicyclic) bond motifs is 1. The molecule has 0 saturated heterocycles. The van der Waals surface area contributed by atoms with Crippen LogP contribution >= 0.6 is 0 Å². The first-order chi connectivity index (χ1) is 16.4. The van der Waals surface area contributed by atoms with E-state index in [4.69, 9.17) is 4.74 Å². The summed E-state index contributed by atoms with van der Waals surface area (Å²) < 4.78 is 6.44. The molecule has 3 aromatic heterocycles. The highest BCUT2D eigenvalue weighted by Crippen LogP contribution is 2.19. The van der Waals surface area contributed by atoms with Crippen molar-refractivity contribution in [3.05, 3.63) is 81.2 Å². The van der Waals surface area contributed by atoms with Crippen LogP contribution in [0.5, 0.6) is 0 Å². The summed E-state index contributed by atoms with van der Waals surface area (Å²) in [6, 6.07) is 9.84. The van der Waals surface area contributed by atoms with Crippen molar-refractivity contribution in [2.75, 3.05) is 6.61 Å². The first kappa shape index (κ1) is 23.2. The van der Waals surface area contributed by atoms with E-state index in [2.05, 4.69) is 38.5 Å². The van der Waals surface area contributed by atoms with Gasteiger partial charge in [0.25, 0.3) is 5.56 Å². The fourth-order valence-electron chi connectivity index (χ4n) is 3.79. The molecule has 0 radical (unpaired) electrons. The Morgan fingerprint density at radius 3 is 2.74 bits per heavy atom. The molecule has 0 fully saturated rings. The summed E-state index contributed by atoms with van der Waals surface area (Å²) in [5.74, 6) is 0.0899. The molecule has 1 aromatic carbocycles. The van der Waals surface area contributed by atoms with Crippen LogP contribution in [-0.4, -0.2) is 47.7 Å². The summed E-state index contributed by atoms with van der Waals surface area (Å²) in [6.45, 7) is 7.24. The highest BCUT2D eigenvalue weighted by atomic mass is 16.5. The molecule has 3 heterocycles. The first-order valence-electron chi connectivity index (χ1n) is 11.1. The van der Waals surface area contributed by atoms with Gasteiger partial charge in [-0.2, -0.15) is 0 Å². The SMILES string of the molecule is CCOC(=O)Cn1nnnc1CN(Cc1cccnc1)Cc1cc2cc(C)c(C)cc2[nH]c1=O. The minimum Gasteiger partial charge on any atom is -0.465 e. The molecule has 0 bridgehead atoms. The predicted molar refractivity (Wildman–Crippen MR) is 126 cm³/mol. The summed E-state index contributed by atoms with van der Waals surface area (Å²) >= 11 is 0. The maximum Gasteiger partial charge on any atom is 0.327 e. The third-order valence-corrected chi connectivity index (χ3v) is 5.61. The van der Waals surface area contributed by atoms with Gasteiger partial charge in [0.05, 0.1) is 13.2 Å². The maximum absolute atomic E-state index is 12.9. The molecule has 10 nitrogen and oxygen atoms in total. The number of tetrazole rings is 1. The molecule has 34 heavy (non-hydrogen) atoms. The summed E-state index contributed by atoms with van der Waals surface area (Å²) in [5, 5.41) is 12.7. The minimum absolute atomic E-state index is 0.0773.